The van der Waals surface area contributed by atoms with Gasteiger partial charge < -0.3 is 4.90 Å². The molecule has 0 radical (unpaired) electrons. The Morgan fingerprint density at radius 2 is 2.00 bits per heavy atom. The lowest BCUT2D eigenvalue weighted by atomic mass is 10.2. The molecule has 3 rings (SSSR count). The van der Waals surface area contributed by atoms with Crippen molar-refractivity contribution >= 4 is 22.2 Å². The molecule has 0 N–H and O–H groups in total. The first-order valence-corrected chi connectivity index (χ1v) is 7.00. The fourth-order valence-corrected chi connectivity index (χ4v) is 2.95. The van der Waals surface area contributed by atoms with E-state index in [9.17, 15) is 4.79 Å². The minimum Gasteiger partial charge on any atom is -0.337 e. The summed E-state index contributed by atoms with van der Waals surface area (Å²) >= 11 is 1.32. The highest BCUT2D eigenvalue weighted by atomic mass is 32.1. The predicted octanol–water partition coefficient (Wildman–Crippen LogP) is 1.55. The van der Waals surface area contributed by atoms with E-state index in [2.05, 4.69) is 15.3 Å². The molecule has 0 atom stereocenters. The van der Waals surface area contributed by atoms with Crippen LogP contribution in [0.25, 0.3) is 4.96 Å². The van der Waals surface area contributed by atoms with Gasteiger partial charge in [-0.05, 0) is 12.8 Å². The Balaban J connectivity index is 1.95. The van der Waals surface area contributed by atoms with Crippen molar-refractivity contribution in [3.8, 4) is 0 Å². The summed E-state index contributed by atoms with van der Waals surface area (Å²) in [6.07, 6.45) is 2.18. The van der Waals surface area contributed by atoms with Crippen LogP contribution in [0.2, 0.25) is 0 Å². The maximum Gasteiger partial charge on any atom is 0.284 e. The molecule has 7 heteroatoms. The second-order valence-electron chi connectivity index (χ2n) is 4.81. The Kier molecular flexibility index (Phi) is 2.77. The highest BCUT2D eigenvalue weighted by Gasteiger charge is 2.24. The van der Waals surface area contributed by atoms with Crippen molar-refractivity contribution in [2.45, 2.75) is 32.6 Å². The second kappa shape index (κ2) is 4.31. The number of amides is 1. The third-order valence-electron chi connectivity index (χ3n) is 3.11. The van der Waals surface area contributed by atoms with Crippen molar-refractivity contribution in [1.82, 2.24) is 24.7 Å². The van der Waals surface area contributed by atoms with Gasteiger partial charge in [0.15, 0.2) is 5.82 Å². The van der Waals surface area contributed by atoms with Crippen LogP contribution in [0, 0.1) is 0 Å². The Labute approximate surface area is 109 Å². The van der Waals surface area contributed by atoms with E-state index in [1.807, 2.05) is 18.7 Å². The molecule has 0 unspecified atom stereocenters. The van der Waals surface area contributed by atoms with E-state index in [1.165, 1.54) is 11.3 Å². The summed E-state index contributed by atoms with van der Waals surface area (Å²) in [7, 11) is 0. The summed E-state index contributed by atoms with van der Waals surface area (Å²) in [5, 5.41) is 13.0. The molecular formula is C11H15N5OS. The Morgan fingerprint density at radius 3 is 2.67 bits per heavy atom. The zero-order chi connectivity index (χ0) is 12.7. The minimum atomic E-state index is 0.0257. The van der Waals surface area contributed by atoms with Gasteiger partial charge in [0.2, 0.25) is 9.97 Å². The van der Waals surface area contributed by atoms with Gasteiger partial charge in [0.1, 0.15) is 0 Å². The van der Waals surface area contributed by atoms with Crippen molar-refractivity contribution in [2.75, 3.05) is 13.1 Å². The molecule has 0 aliphatic carbocycles. The molecule has 1 saturated heterocycles. The number of aromatic nitrogens is 4. The lowest BCUT2D eigenvalue weighted by molar-refractivity contribution is 0.0791. The monoisotopic (exact) mass is 265 g/mol. The maximum atomic E-state index is 12.2. The number of likely N-dealkylation sites (tertiary alicyclic amines) is 1. The molecule has 18 heavy (non-hydrogen) atoms. The number of rotatable bonds is 2. The van der Waals surface area contributed by atoms with Gasteiger partial charge in [-0.3, -0.25) is 4.79 Å². The number of carbonyl (C=O) groups excluding carboxylic acids is 1. The minimum absolute atomic E-state index is 0.0257. The van der Waals surface area contributed by atoms with Crippen LogP contribution in [-0.4, -0.2) is 43.7 Å². The Bertz CT molecular complexity index is 581. The molecule has 3 heterocycles. The van der Waals surface area contributed by atoms with Crippen molar-refractivity contribution in [1.29, 1.82) is 0 Å². The van der Waals surface area contributed by atoms with Gasteiger partial charge in [-0.15, -0.1) is 15.3 Å². The topological polar surface area (TPSA) is 63.4 Å². The molecule has 0 aromatic carbocycles. The molecule has 1 aliphatic heterocycles. The largest absolute Gasteiger partial charge is 0.337 e. The first-order chi connectivity index (χ1) is 8.66. The van der Waals surface area contributed by atoms with Crippen LogP contribution in [0.3, 0.4) is 0 Å². The SMILES string of the molecule is CC(C)c1nnc2sc(C(=O)N3CCCC3)nn12. The van der Waals surface area contributed by atoms with E-state index in [0.29, 0.717) is 9.97 Å². The summed E-state index contributed by atoms with van der Waals surface area (Å²) < 4.78 is 1.69. The second-order valence-corrected chi connectivity index (χ2v) is 5.77. The molecule has 1 aliphatic rings. The van der Waals surface area contributed by atoms with Crippen LogP contribution in [0.4, 0.5) is 0 Å². The normalized spacial score (nSPS) is 16.1. The van der Waals surface area contributed by atoms with Crippen LogP contribution in [0.5, 0.6) is 0 Å². The number of nitrogens with zero attached hydrogens (tertiary/aromatic N) is 5. The Morgan fingerprint density at radius 1 is 1.28 bits per heavy atom. The van der Waals surface area contributed by atoms with Crippen LogP contribution in [0.15, 0.2) is 0 Å². The van der Waals surface area contributed by atoms with Crippen molar-refractivity contribution < 1.29 is 4.79 Å². The molecule has 0 spiro atoms. The van der Waals surface area contributed by atoms with Gasteiger partial charge in [-0.2, -0.15) is 4.52 Å². The van der Waals surface area contributed by atoms with E-state index in [0.717, 1.165) is 31.8 Å². The average molecular weight is 265 g/mol. The van der Waals surface area contributed by atoms with Crippen LogP contribution < -0.4 is 0 Å². The molecule has 2 aromatic rings. The molecular weight excluding hydrogens is 250 g/mol. The van der Waals surface area contributed by atoms with Gasteiger partial charge in [0, 0.05) is 19.0 Å². The van der Waals surface area contributed by atoms with Gasteiger partial charge >= 0.3 is 0 Å². The number of carbonyl (C=O) groups is 1. The first-order valence-electron chi connectivity index (χ1n) is 6.18. The zero-order valence-electron chi connectivity index (χ0n) is 10.5. The van der Waals surface area contributed by atoms with E-state index in [4.69, 9.17) is 0 Å². The van der Waals surface area contributed by atoms with E-state index < -0.39 is 0 Å². The van der Waals surface area contributed by atoms with Crippen LogP contribution >= 0.6 is 11.3 Å². The summed E-state index contributed by atoms with van der Waals surface area (Å²) in [5.74, 6) is 1.08. The fraction of sp³-hybridized carbons (Fsp3) is 0.636. The highest BCUT2D eigenvalue weighted by Crippen LogP contribution is 2.21. The van der Waals surface area contributed by atoms with Crippen molar-refractivity contribution in [2.24, 2.45) is 0 Å². The van der Waals surface area contributed by atoms with Gasteiger partial charge in [0.05, 0.1) is 0 Å². The van der Waals surface area contributed by atoms with E-state index >= 15 is 0 Å². The molecule has 96 valence electrons. The first kappa shape index (κ1) is 11.6. The van der Waals surface area contributed by atoms with Crippen molar-refractivity contribution in [3.63, 3.8) is 0 Å². The number of hydrogen-bond acceptors (Lipinski definition) is 5. The number of hydrogen-bond donors (Lipinski definition) is 0. The highest BCUT2D eigenvalue weighted by molar-refractivity contribution is 7.18. The predicted molar refractivity (Wildman–Crippen MR) is 67.9 cm³/mol. The van der Waals surface area contributed by atoms with E-state index in [-0.39, 0.29) is 11.8 Å². The zero-order valence-corrected chi connectivity index (χ0v) is 11.3. The average Bonchev–Trinajstić information content (AvgIpc) is 3.03. The smallest absolute Gasteiger partial charge is 0.284 e. The molecule has 1 fully saturated rings. The van der Waals surface area contributed by atoms with Crippen LogP contribution in [0.1, 0.15) is 48.2 Å². The molecule has 0 saturated carbocycles. The van der Waals surface area contributed by atoms with Gasteiger partial charge in [-0.1, -0.05) is 25.2 Å². The third-order valence-corrected chi connectivity index (χ3v) is 3.99. The summed E-state index contributed by atoms with van der Waals surface area (Å²) in [4.78, 5) is 14.8. The lowest BCUT2D eigenvalue weighted by Crippen LogP contribution is -2.27. The van der Waals surface area contributed by atoms with E-state index in [1.54, 1.807) is 4.52 Å². The summed E-state index contributed by atoms with van der Waals surface area (Å²) in [6.45, 7) is 5.77. The quantitative estimate of drug-likeness (QED) is 0.826. The summed E-state index contributed by atoms with van der Waals surface area (Å²) in [5.41, 5.74) is 0. The van der Waals surface area contributed by atoms with Crippen LogP contribution in [-0.2, 0) is 0 Å². The third kappa shape index (κ3) is 1.78. The van der Waals surface area contributed by atoms with Gasteiger partial charge in [0.25, 0.3) is 5.91 Å². The van der Waals surface area contributed by atoms with Crippen molar-refractivity contribution in [3.05, 3.63) is 10.8 Å². The molecule has 2 aromatic heterocycles. The summed E-state index contributed by atoms with van der Waals surface area (Å²) in [6, 6.07) is 0. The molecule has 0 bridgehead atoms. The Hall–Kier alpha value is -1.50. The fourth-order valence-electron chi connectivity index (χ4n) is 2.13. The molecule has 1 amide bonds. The number of fused-ring (bicyclic) bond motifs is 1. The lowest BCUT2D eigenvalue weighted by Gasteiger charge is -2.12. The standard InChI is InChI=1S/C11H15N5OS/c1-7(2)8-12-13-11-16(8)14-9(18-11)10(17)15-5-3-4-6-15/h7H,3-6H2,1-2H3. The van der Waals surface area contributed by atoms with Gasteiger partial charge in [-0.25, -0.2) is 0 Å². The molecule has 6 nitrogen and oxygen atoms in total. The maximum absolute atomic E-state index is 12.2.